The molecule has 0 rings (SSSR count). The molecule has 2 atom stereocenters. The Kier molecular flexibility index (Phi) is 40.3. The molecule has 0 aromatic rings. The summed E-state index contributed by atoms with van der Waals surface area (Å²) in [6.07, 6.45) is 39.4. The minimum absolute atomic E-state index is 0.0566. The van der Waals surface area contributed by atoms with Crippen LogP contribution in [0.5, 0.6) is 0 Å². The molecule has 5 heteroatoms. The summed E-state index contributed by atoms with van der Waals surface area (Å²) < 4.78 is 12.0. The van der Waals surface area contributed by atoms with Crippen molar-refractivity contribution in [2.75, 3.05) is 39.5 Å². The maximum absolute atomic E-state index is 12.9. The van der Waals surface area contributed by atoms with Crippen molar-refractivity contribution in [3.8, 4) is 0 Å². The SMILES string of the molecule is C=C(OCCCCCCN(CCO)CCCCCCOC(=O)C(CCCCCC)CCCCCCCC)C(CCCCCC)CCCCCCCC. The van der Waals surface area contributed by atoms with Gasteiger partial charge in [-0.1, -0.05) is 188 Å². The van der Waals surface area contributed by atoms with Crippen molar-refractivity contribution >= 4 is 5.97 Å². The van der Waals surface area contributed by atoms with E-state index in [9.17, 15) is 9.90 Å². The third kappa shape index (κ3) is 33.5. The van der Waals surface area contributed by atoms with Crippen LogP contribution in [0.3, 0.4) is 0 Å². The number of hydrogen-bond acceptors (Lipinski definition) is 5. The fraction of sp³-hybridized carbons (Fsp3) is 0.936. The van der Waals surface area contributed by atoms with Crippen LogP contribution in [0.15, 0.2) is 12.3 Å². The van der Waals surface area contributed by atoms with Crippen molar-refractivity contribution in [2.24, 2.45) is 11.8 Å². The zero-order chi connectivity index (χ0) is 38.2. The lowest BCUT2D eigenvalue weighted by atomic mass is 9.93. The molecule has 0 aliphatic rings. The van der Waals surface area contributed by atoms with Crippen molar-refractivity contribution in [3.63, 3.8) is 0 Å². The maximum atomic E-state index is 12.9. The van der Waals surface area contributed by atoms with Crippen LogP contribution in [0, 0.1) is 11.8 Å². The fourth-order valence-corrected chi connectivity index (χ4v) is 7.49. The number of carbonyl (C=O) groups is 1. The normalized spacial score (nSPS) is 12.7. The summed E-state index contributed by atoms with van der Waals surface area (Å²) in [6, 6.07) is 0. The first-order valence-electron chi connectivity index (χ1n) is 23.3. The molecule has 0 aromatic carbocycles. The van der Waals surface area contributed by atoms with Gasteiger partial charge >= 0.3 is 5.97 Å². The highest BCUT2D eigenvalue weighted by Crippen LogP contribution is 2.26. The van der Waals surface area contributed by atoms with Gasteiger partial charge in [-0.2, -0.15) is 0 Å². The second-order valence-electron chi connectivity index (χ2n) is 16.1. The van der Waals surface area contributed by atoms with E-state index in [0.29, 0.717) is 12.5 Å². The number of allylic oxidation sites excluding steroid dienone is 1. The highest BCUT2D eigenvalue weighted by Gasteiger charge is 2.19. The maximum Gasteiger partial charge on any atom is 0.308 e. The van der Waals surface area contributed by atoms with Crippen molar-refractivity contribution in [3.05, 3.63) is 12.3 Å². The number of ether oxygens (including phenoxy) is 2. The molecule has 0 aromatic heterocycles. The number of unbranched alkanes of at least 4 members (excludes halogenated alkanes) is 22. The average Bonchev–Trinajstić information content (AvgIpc) is 3.14. The second kappa shape index (κ2) is 41.1. The van der Waals surface area contributed by atoms with E-state index >= 15 is 0 Å². The van der Waals surface area contributed by atoms with Gasteiger partial charge in [0.25, 0.3) is 0 Å². The number of aliphatic hydroxyl groups excluding tert-OH is 1. The zero-order valence-corrected chi connectivity index (χ0v) is 35.9. The summed E-state index contributed by atoms with van der Waals surface area (Å²) in [5, 5.41) is 9.63. The van der Waals surface area contributed by atoms with Gasteiger partial charge in [-0.15, -0.1) is 0 Å². The van der Waals surface area contributed by atoms with Crippen molar-refractivity contribution in [2.45, 2.75) is 233 Å². The van der Waals surface area contributed by atoms with Gasteiger partial charge in [-0.05, 0) is 64.5 Å². The van der Waals surface area contributed by atoms with Gasteiger partial charge in [0.1, 0.15) is 0 Å². The molecule has 0 bridgehead atoms. The van der Waals surface area contributed by atoms with Crippen LogP contribution in [0.4, 0.5) is 0 Å². The van der Waals surface area contributed by atoms with Crippen LogP contribution >= 0.6 is 0 Å². The summed E-state index contributed by atoms with van der Waals surface area (Å²) in [5.74, 6) is 1.73. The molecule has 0 saturated heterocycles. The number of esters is 1. The molecule has 2 unspecified atom stereocenters. The van der Waals surface area contributed by atoms with E-state index in [1.165, 1.54) is 148 Å². The Hall–Kier alpha value is -1.07. The van der Waals surface area contributed by atoms with E-state index in [4.69, 9.17) is 9.47 Å². The third-order valence-corrected chi connectivity index (χ3v) is 11.1. The monoisotopic (exact) mass is 736 g/mol. The minimum Gasteiger partial charge on any atom is -0.498 e. The first-order chi connectivity index (χ1) is 25.5. The summed E-state index contributed by atoms with van der Waals surface area (Å²) in [6.45, 7) is 17.9. The predicted octanol–water partition coefficient (Wildman–Crippen LogP) is 14.1. The molecule has 0 saturated carbocycles. The van der Waals surface area contributed by atoms with Crippen molar-refractivity contribution in [1.82, 2.24) is 4.90 Å². The molecule has 0 heterocycles. The van der Waals surface area contributed by atoms with Gasteiger partial charge in [0.05, 0.1) is 31.5 Å². The van der Waals surface area contributed by atoms with E-state index in [1.54, 1.807) is 0 Å². The molecule has 0 fully saturated rings. The lowest BCUT2D eigenvalue weighted by Gasteiger charge is -2.21. The Balaban J connectivity index is 4.20. The molecule has 52 heavy (non-hydrogen) atoms. The summed E-state index contributed by atoms with van der Waals surface area (Å²) in [4.78, 5) is 15.3. The Morgan fingerprint density at radius 3 is 1.25 bits per heavy atom. The van der Waals surface area contributed by atoms with Gasteiger partial charge in [0.15, 0.2) is 0 Å². The first-order valence-corrected chi connectivity index (χ1v) is 23.3. The fourth-order valence-electron chi connectivity index (χ4n) is 7.49. The summed E-state index contributed by atoms with van der Waals surface area (Å²) >= 11 is 0. The molecule has 0 aliphatic carbocycles. The standard InChI is InChI=1S/C47H93NO4/c1-6-10-14-18-20-28-35-45(34-26-16-12-8-3)44(5)51-42-32-24-22-30-38-48(40-41-49)39-31-23-25-33-43-52-47(50)46(36-27-17-13-9-4)37-29-21-19-15-11-7-2/h45-46,49H,5-43H2,1-4H3. The van der Waals surface area contributed by atoms with E-state index < -0.39 is 0 Å². The average molecular weight is 736 g/mol. The lowest BCUT2D eigenvalue weighted by Crippen LogP contribution is -2.29. The zero-order valence-electron chi connectivity index (χ0n) is 35.9. The van der Waals surface area contributed by atoms with Crippen molar-refractivity contribution in [1.29, 1.82) is 0 Å². The molecule has 0 amide bonds. The molecule has 0 radical (unpaired) electrons. The second-order valence-corrected chi connectivity index (χ2v) is 16.1. The third-order valence-electron chi connectivity index (χ3n) is 11.1. The first kappa shape index (κ1) is 50.9. The van der Waals surface area contributed by atoms with Gasteiger partial charge < -0.3 is 19.5 Å². The molecule has 0 spiro atoms. The Morgan fingerprint density at radius 1 is 0.462 bits per heavy atom. The largest absolute Gasteiger partial charge is 0.498 e. The van der Waals surface area contributed by atoms with E-state index in [-0.39, 0.29) is 18.5 Å². The Labute approximate surface area is 326 Å². The van der Waals surface area contributed by atoms with Crippen LogP contribution in [-0.4, -0.2) is 55.4 Å². The van der Waals surface area contributed by atoms with E-state index in [0.717, 1.165) is 89.8 Å². The van der Waals surface area contributed by atoms with Crippen LogP contribution in [0.25, 0.3) is 0 Å². The number of nitrogens with zero attached hydrogens (tertiary/aromatic N) is 1. The van der Waals surface area contributed by atoms with Gasteiger partial charge in [0, 0.05) is 12.5 Å². The predicted molar refractivity (Wildman–Crippen MR) is 227 cm³/mol. The van der Waals surface area contributed by atoms with Crippen LogP contribution in [0.2, 0.25) is 0 Å². The molecular formula is C47H93NO4. The molecule has 5 nitrogen and oxygen atoms in total. The van der Waals surface area contributed by atoms with Gasteiger partial charge in [0.2, 0.25) is 0 Å². The number of hydrogen-bond donors (Lipinski definition) is 1. The summed E-state index contributed by atoms with van der Waals surface area (Å²) in [5.41, 5.74) is 0. The molecule has 1 N–H and O–H groups in total. The van der Waals surface area contributed by atoms with Gasteiger partial charge in [-0.25, -0.2) is 0 Å². The van der Waals surface area contributed by atoms with Crippen LogP contribution in [-0.2, 0) is 14.3 Å². The number of rotatable bonds is 43. The topological polar surface area (TPSA) is 59.0 Å². The number of carbonyl (C=O) groups excluding carboxylic acids is 1. The minimum atomic E-state index is 0.0566. The number of aliphatic hydroxyl groups is 1. The van der Waals surface area contributed by atoms with Crippen molar-refractivity contribution < 1.29 is 19.4 Å². The smallest absolute Gasteiger partial charge is 0.308 e. The highest BCUT2D eigenvalue weighted by molar-refractivity contribution is 5.72. The van der Waals surface area contributed by atoms with E-state index in [1.807, 2.05) is 0 Å². The molecule has 0 aliphatic heterocycles. The Morgan fingerprint density at radius 2 is 0.808 bits per heavy atom. The lowest BCUT2D eigenvalue weighted by molar-refractivity contribution is -0.149. The quantitative estimate of drug-likeness (QED) is 0.0384. The van der Waals surface area contributed by atoms with Crippen LogP contribution in [0.1, 0.15) is 233 Å². The van der Waals surface area contributed by atoms with E-state index in [2.05, 4.69) is 39.2 Å². The molecule has 310 valence electrons. The highest BCUT2D eigenvalue weighted by atomic mass is 16.5. The van der Waals surface area contributed by atoms with Crippen LogP contribution < -0.4 is 0 Å². The van der Waals surface area contributed by atoms with Gasteiger partial charge in [-0.3, -0.25) is 4.79 Å². The Bertz CT molecular complexity index is 685. The summed E-state index contributed by atoms with van der Waals surface area (Å²) in [7, 11) is 0. The molecular weight excluding hydrogens is 643 g/mol.